The smallest absolute Gasteiger partial charge is 0.400 e. The van der Waals surface area contributed by atoms with E-state index in [1.54, 1.807) is 19.9 Å². The van der Waals surface area contributed by atoms with Crippen molar-refractivity contribution >= 4 is 24.6 Å². The molecule has 0 radical (unpaired) electrons. The Bertz CT molecular complexity index is 1730. The lowest BCUT2D eigenvalue weighted by atomic mass is 9.81. The van der Waals surface area contributed by atoms with Crippen LogP contribution in [0.2, 0.25) is 5.02 Å². The van der Waals surface area contributed by atoms with Crippen LogP contribution in [0.15, 0.2) is 46.8 Å². The normalized spacial score (nSPS) is 20.5. The predicted molar refractivity (Wildman–Crippen MR) is 157 cm³/mol. The number of hydrogen-bond donors (Lipinski definition) is 1. The van der Waals surface area contributed by atoms with Gasteiger partial charge in [-0.05, 0) is 89.2 Å². The van der Waals surface area contributed by atoms with E-state index in [2.05, 4.69) is 10.3 Å². The Balaban J connectivity index is 1.36. The molecule has 1 aromatic carbocycles. The lowest BCUT2D eigenvalue weighted by molar-refractivity contribution is 0.00578. The molecule has 0 unspecified atom stereocenters. The number of allylic oxidation sites excluding steroid dienone is 2. The van der Waals surface area contributed by atoms with Gasteiger partial charge < -0.3 is 14.6 Å². The van der Waals surface area contributed by atoms with Crippen molar-refractivity contribution in [2.75, 3.05) is 0 Å². The van der Waals surface area contributed by atoms with Crippen molar-refractivity contribution in [3.63, 3.8) is 0 Å². The summed E-state index contributed by atoms with van der Waals surface area (Å²) in [5.41, 5.74) is -0.164. The Morgan fingerprint density at radius 3 is 2.43 bits per heavy atom. The average molecular weight is 594 g/mol. The van der Waals surface area contributed by atoms with Crippen LogP contribution in [-0.4, -0.2) is 39.8 Å². The highest BCUT2D eigenvalue weighted by Gasteiger charge is 2.56. The molecule has 3 heterocycles. The Morgan fingerprint density at radius 2 is 1.79 bits per heavy atom. The lowest BCUT2D eigenvalue weighted by Crippen LogP contribution is -2.41. The maximum absolute atomic E-state index is 16.2. The maximum Gasteiger partial charge on any atom is 0.491 e. The summed E-state index contributed by atoms with van der Waals surface area (Å²) in [6.07, 6.45) is 5.00. The van der Waals surface area contributed by atoms with Gasteiger partial charge in [-0.3, -0.25) is 19.1 Å². The van der Waals surface area contributed by atoms with E-state index in [-0.39, 0.29) is 39.5 Å². The quantitative estimate of drug-likeness (QED) is 0.355. The molecule has 1 aliphatic heterocycles. The van der Waals surface area contributed by atoms with Crippen LogP contribution in [0, 0.1) is 25.5 Å². The molecule has 42 heavy (non-hydrogen) atoms. The third-order valence-corrected chi connectivity index (χ3v) is 9.02. The van der Waals surface area contributed by atoms with E-state index < -0.39 is 41.4 Å². The molecule has 1 amide bonds. The molecule has 1 saturated heterocycles. The number of carbonyl (C=O) groups is 1. The number of rotatable bonds is 6. The van der Waals surface area contributed by atoms with Crippen molar-refractivity contribution in [2.24, 2.45) is 0 Å². The minimum absolute atomic E-state index is 0.0304. The minimum Gasteiger partial charge on any atom is -0.400 e. The largest absolute Gasteiger partial charge is 0.491 e. The van der Waals surface area contributed by atoms with E-state index in [0.717, 1.165) is 18.3 Å². The minimum atomic E-state index is -0.898. The first-order valence-electron chi connectivity index (χ1n) is 14.0. The van der Waals surface area contributed by atoms with Crippen molar-refractivity contribution in [3.05, 3.63) is 91.4 Å². The van der Waals surface area contributed by atoms with Gasteiger partial charge in [0.2, 0.25) is 0 Å². The number of carbonyl (C=O) groups excluding carboxylic acids is 1. The molecule has 0 bridgehead atoms. The van der Waals surface area contributed by atoms with E-state index >= 15 is 8.78 Å². The summed E-state index contributed by atoms with van der Waals surface area (Å²) in [7, 11) is -0.557. The summed E-state index contributed by atoms with van der Waals surface area (Å²) < 4.78 is 45.3. The standard InChI is InChI=1S/C31H31BClF2N3O4/c1-15-14-36-26(18-8-7-9-19(24(18)34)28(39)37-17-10-11-17)25(35)27(15)38-16(2)12-21(23(33)29(38)40)20-13-22(20)32-41-30(3,4)31(5,6)42-32/h7-9,12-14,17,20H,10-11H2,1-6H3,(H,37,39)/t20-/m1/s1. The first-order chi connectivity index (χ1) is 19.7. The van der Waals surface area contributed by atoms with Gasteiger partial charge in [0.25, 0.3) is 11.5 Å². The lowest BCUT2D eigenvalue weighted by Gasteiger charge is -2.32. The molecule has 2 aromatic heterocycles. The van der Waals surface area contributed by atoms with Crippen LogP contribution in [0.25, 0.3) is 16.9 Å². The van der Waals surface area contributed by atoms with Crippen molar-refractivity contribution < 1.29 is 22.9 Å². The van der Waals surface area contributed by atoms with Gasteiger partial charge in [0.05, 0.1) is 22.5 Å². The highest BCUT2D eigenvalue weighted by Crippen LogP contribution is 2.49. The number of benzene rings is 1. The fraction of sp³-hybridized carbons (Fsp3) is 0.387. The van der Waals surface area contributed by atoms with E-state index in [1.807, 2.05) is 33.8 Å². The monoisotopic (exact) mass is 593 g/mol. The molecule has 3 aliphatic rings. The highest BCUT2D eigenvalue weighted by atomic mass is 35.5. The van der Waals surface area contributed by atoms with Gasteiger partial charge in [0, 0.05) is 29.4 Å². The predicted octanol–water partition coefficient (Wildman–Crippen LogP) is 6.00. The van der Waals surface area contributed by atoms with E-state index in [1.165, 1.54) is 29.0 Å². The Hall–Kier alpha value is -3.34. The van der Waals surface area contributed by atoms with E-state index in [4.69, 9.17) is 20.9 Å². The van der Waals surface area contributed by atoms with Gasteiger partial charge in [-0.25, -0.2) is 8.78 Å². The van der Waals surface area contributed by atoms with Crippen LogP contribution in [-0.2, 0) is 9.31 Å². The molecule has 1 atom stereocenters. The molecule has 2 aliphatic carbocycles. The van der Waals surface area contributed by atoms with E-state index in [0.29, 0.717) is 16.8 Å². The Labute approximate surface area is 248 Å². The molecular weight excluding hydrogens is 563 g/mol. The third-order valence-electron chi connectivity index (χ3n) is 8.64. The number of aromatic nitrogens is 2. The number of hydrogen-bond acceptors (Lipinski definition) is 5. The van der Waals surface area contributed by atoms with Gasteiger partial charge in [-0.1, -0.05) is 23.7 Å². The van der Waals surface area contributed by atoms with Crippen LogP contribution in [0.1, 0.15) is 73.6 Å². The topological polar surface area (TPSA) is 82.5 Å². The average Bonchev–Trinajstić information content (AvgIpc) is 3.83. The zero-order valence-electron chi connectivity index (χ0n) is 24.3. The molecular formula is C31H31BClF2N3O4. The summed E-state index contributed by atoms with van der Waals surface area (Å²) in [5, 5.41) is 2.69. The number of nitrogens with one attached hydrogen (secondary N) is 1. The molecule has 6 rings (SSSR count). The van der Waals surface area contributed by atoms with Gasteiger partial charge in [-0.15, -0.1) is 0 Å². The van der Waals surface area contributed by atoms with Gasteiger partial charge in [-0.2, -0.15) is 0 Å². The van der Waals surface area contributed by atoms with Crippen LogP contribution >= 0.6 is 11.6 Å². The zero-order valence-corrected chi connectivity index (χ0v) is 25.0. The van der Waals surface area contributed by atoms with Crippen molar-refractivity contribution in [2.45, 2.75) is 77.5 Å². The van der Waals surface area contributed by atoms with Crippen LogP contribution in [0.3, 0.4) is 0 Å². The number of amides is 1. The molecule has 11 heteroatoms. The molecule has 3 aromatic rings. The maximum atomic E-state index is 16.2. The summed E-state index contributed by atoms with van der Waals surface area (Å²) in [5.74, 6) is -2.59. The van der Waals surface area contributed by atoms with Crippen molar-refractivity contribution in [1.82, 2.24) is 14.9 Å². The van der Waals surface area contributed by atoms with Gasteiger partial charge in [0.1, 0.15) is 16.5 Å². The Morgan fingerprint density at radius 1 is 1.12 bits per heavy atom. The molecule has 1 saturated carbocycles. The summed E-state index contributed by atoms with van der Waals surface area (Å²) in [4.78, 5) is 30.4. The van der Waals surface area contributed by atoms with Crippen LogP contribution in [0.5, 0.6) is 0 Å². The molecule has 218 valence electrons. The van der Waals surface area contributed by atoms with Gasteiger partial charge in [0.15, 0.2) is 5.82 Å². The van der Waals surface area contributed by atoms with E-state index in [9.17, 15) is 9.59 Å². The fourth-order valence-corrected chi connectivity index (χ4v) is 5.52. The van der Waals surface area contributed by atoms with Crippen LogP contribution in [0.4, 0.5) is 8.78 Å². The highest BCUT2D eigenvalue weighted by molar-refractivity contribution is 6.57. The fourth-order valence-electron chi connectivity index (χ4n) is 5.26. The van der Waals surface area contributed by atoms with Gasteiger partial charge >= 0.3 is 7.12 Å². The third kappa shape index (κ3) is 4.70. The summed E-state index contributed by atoms with van der Waals surface area (Å²) in [6, 6.07) is 5.95. The van der Waals surface area contributed by atoms with Crippen molar-refractivity contribution in [1.29, 1.82) is 0 Å². The number of halogens is 3. The second-order valence-corrected chi connectivity index (χ2v) is 12.7. The summed E-state index contributed by atoms with van der Waals surface area (Å²) >= 11 is 6.64. The molecule has 2 fully saturated rings. The number of nitrogens with zero attached hydrogens (tertiary/aromatic N) is 2. The molecule has 1 N–H and O–H groups in total. The second kappa shape index (κ2) is 9.86. The van der Waals surface area contributed by atoms with Crippen molar-refractivity contribution in [3.8, 4) is 16.9 Å². The molecule has 7 nitrogen and oxygen atoms in total. The Kier molecular flexibility index (Phi) is 6.75. The number of aryl methyl sites for hydroxylation is 2. The summed E-state index contributed by atoms with van der Waals surface area (Å²) in [6.45, 7) is 11.2. The molecule has 0 spiro atoms. The first kappa shape index (κ1) is 28.8. The SMILES string of the molecule is Cc1cnc(-c2cccc(C(=O)NC3CC3)c2F)c(F)c1-n1c(C)cc([C@H]2C=C2B2OC(C)(C)C(C)(C)O2)c(Cl)c1=O. The van der Waals surface area contributed by atoms with Crippen LogP contribution < -0.4 is 10.9 Å². The number of pyridine rings is 2. The first-order valence-corrected chi connectivity index (χ1v) is 14.3. The second-order valence-electron chi connectivity index (χ2n) is 12.3. The zero-order chi connectivity index (χ0) is 30.3.